The molecule has 0 saturated heterocycles. The number of amides is 1. The Morgan fingerprint density at radius 1 is 1.31 bits per heavy atom. The molecule has 0 unspecified atom stereocenters. The van der Waals surface area contributed by atoms with Crippen molar-refractivity contribution in [2.24, 2.45) is 0 Å². The number of anilines is 1. The maximum atomic E-state index is 13.1. The lowest BCUT2D eigenvalue weighted by Crippen LogP contribution is -2.18. The Bertz CT molecular complexity index is 349. The van der Waals surface area contributed by atoms with Gasteiger partial charge in [0, 0.05) is 20.0 Å². The smallest absolute Gasteiger partial charge is 0.219 e. The summed E-state index contributed by atoms with van der Waals surface area (Å²) in [5, 5.41) is 5.10. The zero-order valence-corrected chi connectivity index (χ0v) is 9.02. The molecule has 1 amide bonds. The van der Waals surface area contributed by atoms with Crippen LogP contribution in [0.25, 0.3) is 0 Å². The first-order valence-electron chi connectivity index (χ1n) is 5.03. The number of carbonyl (C=O) groups excluding carboxylic acids is 1. The molecule has 2 N–H and O–H groups in total. The van der Waals surface area contributed by atoms with E-state index in [0.29, 0.717) is 19.4 Å². The van der Waals surface area contributed by atoms with Crippen LogP contribution in [0, 0.1) is 11.6 Å². The van der Waals surface area contributed by atoms with Gasteiger partial charge in [0.05, 0.1) is 0 Å². The quantitative estimate of drug-likeness (QED) is 0.756. The fourth-order valence-electron chi connectivity index (χ4n) is 1.25. The summed E-state index contributed by atoms with van der Waals surface area (Å²) in [6.45, 7) is 0.352. The zero-order valence-electron chi connectivity index (χ0n) is 9.02. The normalized spacial score (nSPS) is 9.94. The van der Waals surface area contributed by atoms with Crippen LogP contribution in [0.3, 0.4) is 0 Å². The lowest BCUT2D eigenvalue weighted by Gasteiger charge is -2.07. The molecule has 0 saturated carbocycles. The number of hydrogen-bond donors (Lipinski definition) is 2. The summed E-state index contributed by atoms with van der Waals surface area (Å²) >= 11 is 0. The second kappa shape index (κ2) is 6.05. The first-order chi connectivity index (χ1) is 7.65. The van der Waals surface area contributed by atoms with E-state index >= 15 is 0 Å². The van der Waals surface area contributed by atoms with E-state index in [2.05, 4.69) is 10.6 Å². The minimum absolute atomic E-state index is 0.0872. The van der Waals surface area contributed by atoms with Crippen molar-refractivity contribution in [2.45, 2.75) is 12.8 Å². The van der Waals surface area contributed by atoms with Crippen LogP contribution in [0.15, 0.2) is 18.2 Å². The van der Waals surface area contributed by atoms with Gasteiger partial charge in [-0.1, -0.05) is 6.07 Å². The molecule has 0 aliphatic rings. The number of benzene rings is 1. The van der Waals surface area contributed by atoms with Gasteiger partial charge in [0.1, 0.15) is 17.3 Å². The molecule has 1 rings (SSSR count). The Hall–Kier alpha value is -1.65. The van der Waals surface area contributed by atoms with E-state index in [-0.39, 0.29) is 11.6 Å². The summed E-state index contributed by atoms with van der Waals surface area (Å²) in [7, 11) is 1.55. The molecule has 16 heavy (non-hydrogen) atoms. The highest BCUT2D eigenvalue weighted by atomic mass is 19.1. The number of para-hydroxylation sites is 1. The monoisotopic (exact) mass is 228 g/mol. The summed E-state index contributed by atoms with van der Waals surface area (Å²) < 4.78 is 26.2. The third-order valence-electron chi connectivity index (χ3n) is 2.12. The van der Waals surface area contributed by atoms with Gasteiger partial charge in [-0.15, -0.1) is 0 Å². The highest BCUT2D eigenvalue weighted by Gasteiger charge is 2.07. The van der Waals surface area contributed by atoms with Crippen LogP contribution in [0.4, 0.5) is 14.5 Å². The van der Waals surface area contributed by atoms with Gasteiger partial charge in [0.2, 0.25) is 5.91 Å². The van der Waals surface area contributed by atoms with E-state index in [9.17, 15) is 13.6 Å². The average molecular weight is 228 g/mol. The van der Waals surface area contributed by atoms with Gasteiger partial charge in [0.25, 0.3) is 0 Å². The van der Waals surface area contributed by atoms with Crippen molar-refractivity contribution < 1.29 is 13.6 Å². The van der Waals surface area contributed by atoms with Crippen LogP contribution in [-0.2, 0) is 4.79 Å². The minimum atomic E-state index is -0.625. The molecule has 0 aliphatic carbocycles. The molecule has 1 aromatic rings. The van der Waals surface area contributed by atoms with Crippen LogP contribution in [0.2, 0.25) is 0 Å². The third-order valence-corrected chi connectivity index (χ3v) is 2.12. The Morgan fingerprint density at radius 3 is 2.50 bits per heavy atom. The number of rotatable bonds is 5. The van der Waals surface area contributed by atoms with Gasteiger partial charge in [-0.3, -0.25) is 4.79 Å². The summed E-state index contributed by atoms with van der Waals surface area (Å²) in [6.07, 6.45) is 0.854. The highest BCUT2D eigenvalue weighted by molar-refractivity contribution is 5.75. The van der Waals surface area contributed by atoms with Crippen molar-refractivity contribution in [1.82, 2.24) is 5.32 Å². The van der Waals surface area contributed by atoms with Gasteiger partial charge in [-0.05, 0) is 18.6 Å². The van der Waals surface area contributed by atoms with Crippen LogP contribution in [0.1, 0.15) is 12.8 Å². The van der Waals surface area contributed by atoms with Crippen LogP contribution < -0.4 is 10.6 Å². The third kappa shape index (κ3) is 3.49. The zero-order chi connectivity index (χ0) is 12.0. The summed E-state index contributed by atoms with van der Waals surface area (Å²) in [5.41, 5.74) is -0.139. The van der Waals surface area contributed by atoms with Crippen molar-refractivity contribution >= 4 is 11.6 Å². The summed E-state index contributed by atoms with van der Waals surface area (Å²) in [5.74, 6) is -1.34. The maximum absolute atomic E-state index is 13.1. The molecule has 5 heteroatoms. The van der Waals surface area contributed by atoms with Crippen molar-refractivity contribution in [2.75, 3.05) is 18.9 Å². The standard InChI is InChI=1S/C11H14F2N2O/c1-14-10(16)6-3-7-15-11-8(12)4-2-5-9(11)13/h2,4-5,15H,3,6-7H2,1H3,(H,14,16). The molecule has 0 heterocycles. The molecule has 0 aromatic heterocycles. The number of carbonyl (C=O) groups is 1. The molecule has 0 bridgehead atoms. The largest absolute Gasteiger partial charge is 0.380 e. The SMILES string of the molecule is CNC(=O)CCCNc1c(F)cccc1F. The van der Waals surface area contributed by atoms with Crippen molar-refractivity contribution in [1.29, 1.82) is 0 Å². The molecule has 0 spiro atoms. The molecular formula is C11H14F2N2O. The van der Waals surface area contributed by atoms with E-state index in [1.165, 1.54) is 18.2 Å². The lowest BCUT2D eigenvalue weighted by atomic mass is 10.2. The predicted molar refractivity (Wildman–Crippen MR) is 58.1 cm³/mol. The molecule has 3 nitrogen and oxygen atoms in total. The molecule has 1 aromatic carbocycles. The number of nitrogens with one attached hydrogen (secondary N) is 2. The average Bonchev–Trinajstić information content (AvgIpc) is 2.27. The molecule has 0 radical (unpaired) electrons. The second-order valence-corrected chi connectivity index (χ2v) is 3.30. The molecule has 0 atom stereocenters. The fraction of sp³-hybridized carbons (Fsp3) is 0.364. The van der Waals surface area contributed by atoms with Gasteiger partial charge in [0.15, 0.2) is 0 Å². The van der Waals surface area contributed by atoms with Crippen molar-refractivity contribution in [3.05, 3.63) is 29.8 Å². The van der Waals surface area contributed by atoms with E-state index < -0.39 is 11.6 Å². The highest BCUT2D eigenvalue weighted by Crippen LogP contribution is 2.17. The van der Waals surface area contributed by atoms with Gasteiger partial charge in [-0.25, -0.2) is 8.78 Å². The summed E-state index contributed by atoms with van der Waals surface area (Å²) in [6, 6.07) is 3.68. The van der Waals surface area contributed by atoms with Gasteiger partial charge in [-0.2, -0.15) is 0 Å². The van der Waals surface area contributed by atoms with Crippen LogP contribution in [0.5, 0.6) is 0 Å². The summed E-state index contributed by atoms with van der Waals surface area (Å²) in [4.78, 5) is 10.9. The van der Waals surface area contributed by atoms with E-state index in [1.54, 1.807) is 7.05 Å². The van der Waals surface area contributed by atoms with E-state index in [4.69, 9.17) is 0 Å². The Balaban J connectivity index is 2.40. The molecular weight excluding hydrogens is 214 g/mol. The maximum Gasteiger partial charge on any atom is 0.219 e. The fourth-order valence-corrected chi connectivity index (χ4v) is 1.25. The van der Waals surface area contributed by atoms with Crippen LogP contribution in [-0.4, -0.2) is 19.5 Å². The Kier molecular flexibility index (Phi) is 4.69. The first kappa shape index (κ1) is 12.4. The molecule has 0 aliphatic heterocycles. The molecule has 88 valence electrons. The van der Waals surface area contributed by atoms with E-state index in [0.717, 1.165) is 0 Å². The number of hydrogen-bond acceptors (Lipinski definition) is 2. The Morgan fingerprint density at radius 2 is 1.94 bits per heavy atom. The minimum Gasteiger partial charge on any atom is -0.380 e. The van der Waals surface area contributed by atoms with Gasteiger partial charge >= 0.3 is 0 Å². The molecule has 0 fully saturated rings. The topological polar surface area (TPSA) is 41.1 Å². The predicted octanol–water partition coefficient (Wildman–Crippen LogP) is 1.90. The van der Waals surface area contributed by atoms with Crippen LogP contribution >= 0.6 is 0 Å². The van der Waals surface area contributed by atoms with Gasteiger partial charge < -0.3 is 10.6 Å². The number of halogens is 2. The lowest BCUT2D eigenvalue weighted by molar-refractivity contribution is -0.120. The first-order valence-corrected chi connectivity index (χ1v) is 5.03. The van der Waals surface area contributed by atoms with Crippen molar-refractivity contribution in [3.8, 4) is 0 Å². The van der Waals surface area contributed by atoms with E-state index in [1.807, 2.05) is 0 Å². The second-order valence-electron chi connectivity index (χ2n) is 3.30. The Labute approximate surface area is 92.8 Å². The van der Waals surface area contributed by atoms with Crippen molar-refractivity contribution in [3.63, 3.8) is 0 Å².